The number of rotatable bonds is 36. The number of piperidine rings is 1. The van der Waals surface area contributed by atoms with Crippen LogP contribution in [0.5, 0.6) is 0 Å². The van der Waals surface area contributed by atoms with Gasteiger partial charge >= 0.3 is 5.97 Å². The van der Waals surface area contributed by atoms with Gasteiger partial charge < -0.3 is 9.64 Å². The fourth-order valence-corrected chi connectivity index (χ4v) is 7.02. The number of likely N-dealkylation sites (tertiary alicyclic amines) is 1. The fraction of sp³-hybridized carbons (Fsp3) is 0.809. The molecule has 3 nitrogen and oxygen atoms in total. The second-order valence-electron chi connectivity index (χ2n) is 15.2. The smallest absolute Gasteiger partial charge is 0.306 e. The van der Waals surface area contributed by atoms with E-state index >= 15 is 0 Å². The van der Waals surface area contributed by atoms with E-state index in [1.807, 2.05) is 0 Å². The third-order valence-corrected chi connectivity index (χ3v) is 10.3. The van der Waals surface area contributed by atoms with Gasteiger partial charge in [-0.05, 0) is 135 Å². The lowest BCUT2D eigenvalue weighted by Crippen LogP contribution is -2.30. The van der Waals surface area contributed by atoms with Crippen molar-refractivity contribution < 1.29 is 9.53 Å². The molecule has 1 fully saturated rings. The number of ether oxygens (including phenoxy) is 1. The van der Waals surface area contributed by atoms with Crippen molar-refractivity contribution in [1.82, 2.24) is 4.90 Å². The highest BCUT2D eigenvalue weighted by Gasteiger charge is 2.15. The maximum Gasteiger partial charge on any atom is 0.306 e. The van der Waals surface area contributed by atoms with E-state index in [1.165, 1.54) is 174 Å². The SMILES string of the molecule is CCCCC/C=C\C/C=C\CCCCCCCCC(CCCCCCCC/C=C\C/C=C\CCCCC)OC(=O)CCCCN1CCCCC1. The van der Waals surface area contributed by atoms with E-state index in [-0.39, 0.29) is 12.1 Å². The molecule has 1 saturated heterocycles. The lowest BCUT2D eigenvalue weighted by atomic mass is 10.0. The van der Waals surface area contributed by atoms with Crippen molar-refractivity contribution in [3.63, 3.8) is 0 Å². The monoisotopic (exact) mass is 696 g/mol. The van der Waals surface area contributed by atoms with Gasteiger partial charge in [0.25, 0.3) is 0 Å². The Balaban J connectivity index is 2.18. The van der Waals surface area contributed by atoms with Crippen LogP contribution < -0.4 is 0 Å². The van der Waals surface area contributed by atoms with Crippen molar-refractivity contribution in [3.05, 3.63) is 48.6 Å². The van der Waals surface area contributed by atoms with Gasteiger partial charge in [-0.25, -0.2) is 0 Å². The molecule has 50 heavy (non-hydrogen) atoms. The summed E-state index contributed by atoms with van der Waals surface area (Å²) in [5, 5.41) is 0. The van der Waals surface area contributed by atoms with E-state index in [9.17, 15) is 4.79 Å². The van der Waals surface area contributed by atoms with E-state index < -0.39 is 0 Å². The molecule has 0 bridgehead atoms. The summed E-state index contributed by atoms with van der Waals surface area (Å²) in [5.41, 5.74) is 0. The number of carbonyl (C=O) groups excluding carboxylic acids is 1. The molecule has 0 atom stereocenters. The summed E-state index contributed by atoms with van der Waals surface area (Å²) in [5.74, 6) is 0.0497. The van der Waals surface area contributed by atoms with E-state index in [4.69, 9.17) is 4.74 Å². The van der Waals surface area contributed by atoms with Gasteiger partial charge in [0.2, 0.25) is 0 Å². The molecule has 0 saturated carbocycles. The average Bonchev–Trinajstić information content (AvgIpc) is 3.13. The van der Waals surface area contributed by atoms with Gasteiger partial charge in [0, 0.05) is 6.42 Å². The Morgan fingerprint density at radius 1 is 0.500 bits per heavy atom. The van der Waals surface area contributed by atoms with Crippen LogP contribution in [0.3, 0.4) is 0 Å². The van der Waals surface area contributed by atoms with Crippen molar-refractivity contribution in [3.8, 4) is 0 Å². The minimum atomic E-state index is 0.0497. The third kappa shape index (κ3) is 33.5. The van der Waals surface area contributed by atoms with Crippen LogP contribution in [0.2, 0.25) is 0 Å². The van der Waals surface area contributed by atoms with Crippen molar-refractivity contribution in [2.45, 2.75) is 225 Å². The molecular formula is C47H85NO2. The zero-order valence-corrected chi connectivity index (χ0v) is 33.7. The van der Waals surface area contributed by atoms with Crippen molar-refractivity contribution >= 4 is 5.97 Å². The zero-order valence-electron chi connectivity index (χ0n) is 33.7. The standard InChI is InChI=1S/C47H85NO2/c1-3-5-7-9-11-13-15-17-19-21-23-25-27-29-31-34-40-46(50-47(49)42-36-39-45-48-43-37-33-38-44-48)41-35-32-30-28-26-24-22-20-18-16-14-12-10-8-6-4-2/h11-14,17-20,46H,3-10,15-16,21-45H2,1-2H3/b13-11-,14-12-,19-17-,20-18-. The first kappa shape index (κ1) is 46.4. The largest absolute Gasteiger partial charge is 0.462 e. The number of allylic oxidation sites excluding steroid dienone is 8. The molecular weight excluding hydrogens is 611 g/mol. The van der Waals surface area contributed by atoms with Gasteiger partial charge in [0.15, 0.2) is 0 Å². The van der Waals surface area contributed by atoms with Crippen LogP contribution in [0.4, 0.5) is 0 Å². The maximum atomic E-state index is 12.8. The van der Waals surface area contributed by atoms with Crippen molar-refractivity contribution in [1.29, 1.82) is 0 Å². The Morgan fingerprint density at radius 3 is 1.38 bits per heavy atom. The van der Waals surface area contributed by atoms with E-state index in [0.717, 1.165) is 45.1 Å². The summed E-state index contributed by atoms with van der Waals surface area (Å²) < 4.78 is 6.11. The lowest BCUT2D eigenvalue weighted by Gasteiger charge is -2.26. The van der Waals surface area contributed by atoms with Gasteiger partial charge in [-0.2, -0.15) is 0 Å². The highest BCUT2D eigenvalue weighted by molar-refractivity contribution is 5.69. The van der Waals surface area contributed by atoms with Crippen LogP contribution in [-0.2, 0) is 9.53 Å². The van der Waals surface area contributed by atoms with Gasteiger partial charge in [0.05, 0.1) is 0 Å². The third-order valence-electron chi connectivity index (χ3n) is 10.3. The second kappa shape index (κ2) is 38.6. The maximum absolute atomic E-state index is 12.8. The predicted molar refractivity (Wildman–Crippen MR) is 222 cm³/mol. The van der Waals surface area contributed by atoms with Gasteiger partial charge in [-0.1, -0.05) is 146 Å². The Hall–Kier alpha value is -1.61. The number of nitrogens with zero attached hydrogens (tertiary/aromatic N) is 1. The van der Waals surface area contributed by atoms with Gasteiger partial charge in [-0.3, -0.25) is 4.79 Å². The molecule has 0 aromatic carbocycles. The lowest BCUT2D eigenvalue weighted by molar-refractivity contribution is -0.150. The molecule has 0 aromatic rings. The van der Waals surface area contributed by atoms with Crippen LogP contribution in [0, 0.1) is 0 Å². The Labute approximate surface area is 313 Å². The number of esters is 1. The molecule has 1 aliphatic rings. The highest BCUT2D eigenvalue weighted by Crippen LogP contribution is 2.19. The molecule has 0 radical (unpaired) electrons. The van der Waals surface area contributed by atoms with E-state index in [2.05, 4.69) is 67.4 Å². The summed E-state index contributed by atoms with van der Waals surface area (Å²) in [6.07, 6.45) is 58.3. The molecule has 3 heteroatoms. The first-order valence-corrected chi connectivity index (χ1v) is 22.3. The molecule has 0 unspecified atom stereocenters. The quantitative estimate of drug-likeness (QED) is 0.0371. The summed E-state index contributed by atoms with van der Waals surface area (Å²) in [6.45, 7) is 8.17. The molecule has 0 amide bonds. The number of hydrogen-bond donors (Lipinski definition) is 0. The van der Waals surface area contributed by atoms with Crippen molar-refractivity contribution in [2.24, 2.45) is 0 Å². The summed E-state index contributed by atoms with van der Waals surface area (Å²) in [4.78, 5) is 15.4. The highest BCUT2D eigenvalue weighted by atomic mass is 16.5. The summed E-state index contributed by atoms with van der Waals surface area (Å²) >= 11 is 0. The first-order chi connectivity index (χ1) is 24.8. The average molecular weight is 696 g/mol. The molecule has 0 aliphatic carbocycles. The minimum Gasteiger partial charge on any atom is -0.462 e. The van der Waals surface area contributed by atoms with Gasteiger partial charge in [0.1, 0.15) is 6.10 Å². The van der Waals surface area contributed by atoms with Crippen LogP contribution in [0.15, 0.2) is 48.6 Å². The van der Waals surface area contributed by atoms with Crippen molar-refractivity contribution in [2.75, 3.05) is 19.6 Å². The normalized spacial score (nSPS) is 14.5. The summed E-state index contributed by atoms with van der Waals surface area (Å²) in [6, 6.07) is 0. The number of unbranched alkanes of at least 4 members (excludes halogenated alkanes) is 19. The molecule has 1 heterocycles. The minimum absolute atomic E-state index is 0.0497. The van der Waals surface area contributed by atoms with Crippen LogP contribution >= 0.6 is 0 Å². The van der Waals surface area contributed by atoms with Crippen LogP contribution in [0.25, 0.3) is 0 Å². The summed E-state index contributed by atoms with van der Waals surface area (Å²) in [7, 11) is 0. The first-order valence-electron chi connectivity index (χ1n) is 22.3. The van der Waals surface area contributed by atoms with Crippen LogP contribution in [0.1, 0.15) is 219 Å². The van der Waals surface area contributed by atoms with E-state index in [0.29, 0.717) is 6.42 Å². The Morgan fingerprint density at radius 2 is 0.920 bits per heavy atom. The molecule has 1 aliphatic heterocycles. The zero-order chi connectivity index (χ0) is 35.8. The second-order valence-corrected chi connectivity index (χ2v) is 15.2. The Kier molecular flexibility index (Phi) is 35.8. The molecule has 290 valence electrons. The number of carbonyl (C=O) groups is 1. The van der Waals surface area contributed by atoms with Gasteiger partial charge in [-0.15, -0.1) is 0 Å². The topological polar surface area (TPSA) is 29.5 Å². The fourth-order valence-electron chi connectivity index (χ4n) is 7.02. The van der Waals surface area contributed by atoms with Crippen LogP contribution in [-0.4, -0.2) is 36.6 Å². The van der Waals surface area contributed by atoms with E-state index in [1.54, 1.807) is 0 Å². The molecule has 0 N–H and O–H groups in total. The Bertz CT molecular complexity index is 773. The number of hydrogen-bond acceptors (Lipinski definition) is 3. The molecule has 1 rings (SSSR count). The molecule has 0 spiro atoms. The molecule has 0 aromatic heterocycles. The predicted octanol–water partition coefficient (Wildman–Crippen LogP) is 15.0.